The van der Waals surface area contributed by atoms with Crippen LogP contribution in [0.3, 0.4) is 0 Å². The van der Waals surface area contributed by atoms with Crippen LogP contribution in [0.25, 0.3) is 0 Å². The Hall–Kier alpha value is -1.29. The maximum atomic E-state index is 11.8. The van der Waals surface area contributed by atoms with Crippen LogP contribution in [0.15, 0.2) is 16.5 Å². The summed E-state index contributed by atoms with van der Waals surface area (Å²) in [7, 11) is 0. The second-order valence-corrected chi connectivity index (χ2v) is 4.46. The topological polar surface area (TPSA) is 54.3 Å². The molecule has 1 aliphatic heterocycles. The Morgan fingerprint density at radius 1 is 1.56 bits per heavy atom. The highest BCUT2D eigenvalue weighted by molar-refractivity contribution is 5.91. The van der Waals surface area contributed by atoms with Crippen LogP contribution in [0.4, 0.5) is 0 Å². The predicted octanol–water partition coefficient (Wildman–Crippen LogP) is 1.32. The van der Waals surface area contributed by atoms with E-state index in [1.165, 1.54) is 0 Å². The fourth-order valence-electron chi connectivity index (χ4n) is 2.02. The quantitative estimate of drug-likeness (QED) is 0.793. The average molecular weight is 222 g/mol. The molecule has 2 rings (SSSR count). The lowest BCUT2D eigenvalue weighted by Crippen LogP contribution is -2.48. The number of hydrogen-bond donors (Lipinski definition) is 2. The molecule has 0 aromatic carbocycles. The first-order valence-electron chi connectivity index (χ1n) is 5.75. The summed E-state index contributed by atoms with van der Waals surface area (Å²) in [6.07, 6.45) is 0.979. The Morgan fingerprint density at radius 2 is 2.38 bits per heavy atom. The molecule has 0 saturated carbocycles. The van der Waals surface area contributed by atoms with E-state index in [9.17, 15) is 4.79 Å². The molecule has 1 saturated heterocycles. The van der Waals surface area contributed by atoms with E-state index in [-0.39, 0.29) is 11.9 Å². The van der Waals surface area contributed by atoms with Gasteiger partial charge in [0.1, 0.15) is 5.76 Å². The Balaban J connectivity index is 1.96. The number of amides is 1. The van der Waals surface area contributed by atoms with E-state index in [4.69, 9.17) is 4.42 Å². The van der Waals surface area contributed by atoms with Crippen molar-refractivity contribution in [2.75, 3.05) is 13.1 Å². The minimum Gasteiger partial charge on any atom is -0.456 e. The van der Waals surface area contributed by atoms with Gasteiger partial charge in [-0.05, 0) is 44.5 Å². The van der Waals surface area contributed by atoms with Crippen LogP contribution in [-0.4, -0.2) is 25.0 Å². The molecule has 0 spiro atoms. The van der Waals surface area contributed by atoms with Crippen molar-refractivity contribution in [3.63, 3.8) is 0 Å². The highest BCUT2D eigenvalue weighted by Gasteiger charge is 2.23. The van der Waals surface area contributed by atoms with Gasteiger partial charge < -0.3 is 15.1 Å². The van der Waals surface area contributed by atoms with E-state index >= 15 is 0 Å². The molecule has 2 atom stereocenters. The fraction of sp³-hybridized carbons (Fsp3) is 0.583. The Kier molecular flexibility index (Phi) is 3.29. The summed E-state index contributed by atoms with van der Waals surface area (Å²) in [5.74, 6) is 1.53. The minimum absolute atomic E-state index is 0.105. The van der Waals surface area contributed by atoms with Crippen LogP contribution in [0, 0.1) is 12.8 Å². The first kappa shape index (κ1) is 11.2. The van der Waals surface area contributed by atoms with Gasteiger partial charge in [0, 0.05) is 6.04 Å². The molecular formula is C12H18N2O2. The van der Waals surface area contributed by atoms with Gasteiger partial charge in [0.25, 0.3) is 5.91 Å². The largest absolute Gasteiger partial charge is 0.456 e. The zero-order chi connectivity index (χ0) is 11.5. The zero-order valence-electron chi connectivity index (χ0n) is 9.75. The van der Waals surface area contributed by atoms with Crippen molar-refractivity contribution < 1.29 is 9.21 Å². The maximum absolute atomic E-state index is 11.8. The molecule has 16 heavy (non-hydrogen) atoms. The zero-order valence-corrected chi connectivity index (χ0v) is 9.75. The minimum atomic E-state index is -0.105. The Bertz CT molecular complexity index is 373. The normalized spacial score (nSPS) is 25.4. The molecule has 0 radical (unpaired) electrons. The van der Waals surface area contributed by atoms with Crippen molar-refractivity contribution in [2.24, 2.45) is 5.92 Å². The first-order valence-corrected chi connectivity index (χ1v) is 5.75. The molecule has 1 amide bonds. The third-order valence-electron chi connectivity index (χ3n) is 3.07. The second-order valence-electron chi connectivity index (χ2n) is 4.46. The van der Waals surface area contributed by atoms with Crippen LogP contribution >= 0.6 is 0 Å². The third-order valence-corrected chi connectivity index (χ3v) is 3.07. The molecular weight excluding hydrogens is 204 g/mol. The van der Waals surface area contributed by atoms with Crippen molar-refractivity contribution in [1.82, 2.24) is 10.6 Å². The first-order chi connectivity index (χ1) is 7.66. The summed E-state index contributed by atoms with van der Waals surface area (Å²) in [4.78, 5) is 11.8. The standard InChI is InChI=1S/C12H18N2O2/c1-8-7-13-6-5-10(8)14-12(15)11-4-3-9(2)16-11/h3-4,8,10,13H,5-7H2,1-2H3,(H,14,15). The van der Waals surface area contributed by atoms with Gasteiger partial charge in [0.2, 0.25) is 0 Å². The Morgan fingerprint density at radius 3 is 3.00 bits per heavy atom. The lowest BCUT2D eigenvalue weighted by Gasteiger charge is -2.29. The van der Waals surface area contributed by atoms with Gasteiger partial charge in [-0.3, -0.25) is 4.79 Å². The van der Waals surface area contributed by atoms with Gasteiger partial charge in [-0.1, -0.05) is 6.92 Å². The molecule has 88 valence electrons. The molecule has 1 aromatic rings. The Labute approximate surface area is 95.4 Å². The monoisotopic (exact) mass is 222 g/mol. The summed E-state index contributed by atoms with van der Waals surface area (Å²) in [5, 5.41) is 6.33. The summed E-state index contributed by atoms with van der Waals surface area (Å²) >= 11 is 0. The molecule has 1 fully saturated rings. The van der Waals surface area contributed by atoms with Gasteiger partial charge >= 0.3 is 0 Å². The molecule has 2 heterocycles. The maximum Gasteiger partial charge on any atom is 0.287 e. The van der Waals surface area contributed by atoms with Crippen molar-refractivity contribution >= 4 is 5.91 Å². The third kappa shape index (κ3) is 2.44. The smallest absolute Gasteiger partial charge is 0.287 e. The van der Waals surface area contributed by atoms with E-state index in [0.29, 0.717) is 11.7 Å². The lowest BCUT2D eigenvalue weighted by atomic mass is 9.95. The van der Waals surface area contributed by atoms with Crippen molar-refractivity contribution in [2.45, 2.75) is 26.3 Å². The molecule has 0 aliphatic carbocycles. The summed E-state index contributed by atoms with van der Waals surface area (Å²) in [6, 6.07) is 3.77. The van der Waals surface area contributed by atoms with Gasteiger partial charge in [0.05, 0.1) is 0 Å². The van der Waals surface area contributed by atoms with E-state index in [1.807, 2.05) is 6.92 Å². The molecule has 1 aliphatic rings. The van der Waals surface area contributed by atoms with Crippen LogP contribution in [0.2, 0.25) is 0 Å². The number of hydrogen-bond acceptors (Lipinski definition) is 3. The van der Waals surface area contributed by atoms with Gasteiger partial charge in [0.15, 0.2) is 5.76 Å². The van der Waals surface area contributed by atoms with Crippen LogP contribution in [0.1, 0.15) is 29.7 Å². The van der Waals surface area contributed by atoms with E-state index in [0.717, 1.165) is 25.3 Å². The lowest BCUT2D eigenvalue weighted by molar-refractivity contribution is 0.0884. The number of rotatable bonds is 2. The number of carbonyl (C=O) groups excluding carboxylic acids is 1. The average Bonchev–Trinajstić information content (AvgIpc) is 2.68. The van der Waals surface area contributed by atoms with E-state index < -0.39 is 0 Å². The number of piperidine rings is 1. The van der Waals surface area contributed by atoms with Gasteiger partial charge in [-0.15, -0.1) is 0 Å². The highest BCUT2D eigenvalue weighted by Crippen LogP contribution is 2.12. The number of furan rings is 1. The molecule has 0 bridgehead atoms. The van der Waals surface area contributed by atoms with Crippen LogP contribution in [-0.2, 0) is 0 Å². The summed E-state index contributed by atoms with van der Waals surface area (Å²) in [6.45, 7) is 5.91. The van der Waals surface area contributed by atoms with Gasteiger partial charge in [-0.2, -0.15) is 0 Å². The number of carbonyl (C=O) groups is 1. The van der Waals surface area contributed by atoms with Crippen LogP contribution in [0.5, 0.6) is 0 Å². The molecule has 2 unspecified atom stereocenters. The molecule has 1 aromatic heterocycles. The molecule has 4 heteroatoms. The summed E-state index contributed by atoms with van der Waals surface area (Å²) < 4.78 is 5.29. The predicted molar refractivity (Wildman–Crippen MR) is 61.3 cm³/mol. The van der Waals surface area contributed by atoms with Crippen molar-refractivity contribution in [1.29, 1.82) is 0 Å². The second kappa shape index (κ2) is 4.70. The SMILES string of the molecule is Cc1ccc(C(=O)NC2CCNCC2C)o1. The fourth-order valence-corrected chi connectivity index (χ4v) is 2.02. The van der Waals surface area contributed by atoms with Crippen molar-refractivity contribution in [3.05, 3.63) is 23.7 Å². The van der Waals surface area contributed by atoms with E-state index in [1.54, 1.807) is 12.1 Å². The van der Waals surface area contributed by atoms with Crippen LogP contribution < -0.4 is 10.6 Å². The molecule has 4 nitrogen and oxygen atoms in total. The number of nitrogens with one attached hydrogen (secondary N) is 2. The highest BCUT2D eigenvalue weighted by atomic mass is 16.3. The van der Waals surface area contributed by atoms with Gasteiger partial charge in [-0.25, -0.2) is 0 Å². The summed E-state index contributed by atoms with van der Waals surface area (Å²) in [5.41, 5.74) is 0. The van der Waals surface area contributed by atoms with Crippen molar-refractivity contribution in [3.8, 4) is 0 Å². The number of aryl methyl sites for hydroxylation is 1. The molecule has 2 N–H and O–H groups in total. The van der Waals surface area contributed by atoms with E-state index in [2.05, 4.69) is 17.6 Å².